The highest BCUT2D eigenvalue weighted by molar-refractivity contribution is 5.78. The Labute approximate surface area is 106 Å². The van der Waals surface area contributed by atoms with E-state index in [1.54, 1.807) is 0 Å². The van der Waals surface area contributed by atoms with Gasteiger partial charge in [0.1, 0.15) is 0 Å². The topological polar surface area (TPSA) is 58.4 Å². The summed E-state index contributed by atoms with van der Waals surface area (Å²) in [7, 11) is 0. The van der Waals surface area contributed by atoms with Crippen molar-refractivity contribution in [3.8, 4) is 0 Å². The lowest BCUT2D eigenvalue weighted by atomic mass is 10.0. The number of carbonyl (C=O) groups is 1. The van der Waals surface area contributed by atoms with Crippen LogP contribution in [0.25, 0.3) is 0 Å². The van der Waals surface area contributed by atoms with Crippen molar-refractivity contribution in [2.45, 2.75) is 59.0 Å². The molecule has 0 aliphatic heterocycles. The van der Waals surface area contributed by atoms with Crippen LogP contribution < -0.4 is 11.1 Å². The molecule has 3 N–H and O–H groups in total. The van der Waals surface area contributed by atoms with E-state index in [2.05, 4.69) is 44.8 Å². The summed E-state index contributed by atoms with van der Waals surface area (Å²) >= 11 is 0. The summed E-state index contributed by atoms with van der Waals surface area (Å²) in [6.45, 7) is 12.2. The summed E-state index contributed by atoms with van der Waals surface area (Å²) in [6, 6.07) is 0.294. The Bertz CT molecular complexity index is 225. The molecule has 1 amide bonds. The molecule has 0 spiro atoms. The Morgan fingerprint density at radius 1 is 1.29 bits per heavy atom. The second-order valence-corrected chi connectivity index (χ2v) is 5.11. The van der Waals surface area contributed by atoms with E-state index in [0.29, 0.717) is 19.1 Å². The van der Waals surface area contributed by atoms with Gasteiger partial charge in [-0.1, -0.05) is 20.8 Å². The van der Waals surface area contributed by atoms with Gasteiger partial charge in [0.25, 0.3) is 0 Å². The molecule has 4 nitrogen and oxygen atoms in total. The molecule has 0 fully saturated rings. The number of nitrogens with one attached hydrogen (secondary N) is 1. The number of rotatable bonds is 8. The van der Waals surface area contributed by atoms with Crippen LogP contribution in [0.5, 0.6) is 0 Å². The van der Waals surface area contributed by atoms with E-state index in [-0.39, 0.29) is 11.4 Å². The molecule has 4 heteroatoms. The van der Waals surface area contributed by atoms with Crippen LogP contribution in [0.4, 0.5) is 0 Å². The molecule has 0 aromatic carbocycles. The van der Waals surface area contributed by atoms with Gasteiger partial charge < -0.3 is 11.1 Å². The van der Waals surface area contributed by atoms with E-state index in [0.717, 1.165) is 19.4 Å². The van der Waals surface area contributed by atoms with Gasteiger partial charge in [0.05, 0.1) is 6.54 Å². The van der Waals surface area contributed by atoms with Crippen molar-refractivity contribution in [3.05, 3.63) is 0 Å². The minimum Gasteiger partial charge on any atom is -0.352 e. The Morgan fingerprint density at radius 3 is 2.18 bits per heavy atom. The zero-order valence-electron chi connectivity index (χ0n) is 12.0. The maximum absolute atomic E-state index is 11.9. The summed E-state index contributed by atoms with van der Waals surface area (Å²) < 4.78 is 0. The lowest BCUT2D eigenvalue weighted by Gasteiger charge is -2.36. The molecule has 0 rings (SSSR count). The third-order valence-corrected chi connectivity index (χ3v) is 3.42. The van der Waals surface area contributed by atoms with E-state index in [9.17, 15) is 4.79 Å². The molecule has 0 aromatic rings. The van der Waals surface area contributed by atoms with Crippen LogP contribution in [0, 0.1) is 0 Å². The standard InChI is InChI=1S/C13H29N3O/c1-6-11(7-2)15-12(17)9-16(8-3)13(4,5)10-14/h11H,6-10,14H2,1-5H3,(H,15,17). The second-order valence-electron chi connectivity index (χ2n) is 5.11. The van der Waals surface area contributed by atoms with Gasteiger partial charge in [-0.05, 0) is 33.2 Å². The third-order valence-electron chi connectivity index (χ3n) is 3.42. The minimum absolute atomic E-state index is 0.0991. The highest BCUT2D eigenvalue weighted by Crippen LogP contribution is 2.11. The van der Waals surface area contributed by atoms with E-state index < -0.39 is 0 Å². The molecule has 0 unspecified atom stereocenters. The molecule has 0 aliphatic rings. The van der Waals surface area contributed by atoms with Crippen molar-refractivity contribution >= 4 is 5.91 Å². The van der Waals surface area contributed by atoms with Crippen molar-refractivity contribution < 1.29 is 4.79 Å². The van der Waals surface area contributed by atoms with E-state index in [4.69, 9.17) is 5.73 Å². The maximum atomic E-state index is 11.9. The molecule has 0 saturated carbocycles. The number of nitrogens with zero attached hydrogens (tertiary/aromatic N) is 1. The normalized spacial score (nSPS) is 12.2. The summed E-state index contributed by atoms with van der Waals surface area (Å²) in [5.41, 5.74) is 5.61. The van der Waals surface area contributed by atoms with Crippen LogP contribution in [0.2, 0.25) is 0 Å². The van der Waals surface area contributed by atoms with Gasteiger partial charge in [-0.3, -0.25) is 9.69 Å². The summed E-state index contributed by atoms with van der Waals surface area (Å²) in [6.07, 6.45) is 1.96. The monoisotopic (exact) mass is 243 g/mol. The SMILES string of the molecule is CCC(CC)NC(=O)CN(CC)C(C)(C)CN. The summed E-state index contributed by atoms with van der Waals surface area (Å²) in [4.78, 5) is 14.0. The fourth-order valence-corrected chi connectivity index (χ4v) is 1.82. The van der Waals surface area contributed by atoms with Gasteiger partial charge in [-0.15, -0.1) is 0 Å². The molecule has 0 aromatic heterocycles. The minimum atomic E-state index is -0.125. The van der Waals surface area contributed by atoms with E-state index in [1.165, 1.54) is 0 Å². The van der Waals surface area contributed by atoms with Crippen LogP contribution in [0.15, 0.2) is 0 Å². The molecule has 0 bridgehead atoms. The average Bonchev–Trinajstić information content (AvgIpc) is 2.32. The summed E-state index contributed by atoms with van der Waals surface area (Å²) in [5.74, 6) is 0.0991. The fourth-order valence-electron chi connectivity index (χ4n) is 1.82. The fraction of sp³-hybridized carbons (Fsp3) is 0.923. The first kappa shape index (κ1) is 16.4. The third kappa shape index (κ3) is 5.50. The van der Waals surface area contributed by atoms with Crippen molar-refractivity contribution in [3.63, 3.8) is 0 Å². The molecule has 102 valence electrons. The Hall–Kier alpha value is -0.610. The number of amides is 1. The first-order valence-electron chi connectivity index (χ1n) is 6.65. The van der Waals surface area contributed by atoms with Gasteiger partial charge in [0.2, 0.25) is 5.91 Å². The first-order valence-corrected chi connectivity index (χ1v) is 6.65. The molecular formula is C13H29N3O. The summed E-state index contributed by atoms with van der Waals surface area (Å²) in [5, 5.41) is 3.06. The van der Waals surface area contributed by atoms with Crippen LogP contribution in [0.3, 0.4) is 0 Å². The van der Waals surface area contributed by atoms with Gasteiger partial charge in [0.15, 0.2) is 0 Å². The maximum Gasteiger partial charge on any atom is 0.234 e. The quantitative estimate of drug-likeness (QED) is 0.676. The van der Waals surface area contributed by atoms with Crippen molar-refractivity contribution in [1.82, 2.24) is 10.2 Å². The van der Waals surface area contributed by atoms with Gasteiger partial charge in [0, 0.05) is 18.1 Å². The van der Waals surface area contributed by atoms with Crippen molar-refractivity contribution in [1.29, 1.82) is 0 Å². The zero-order valence-corrected chi connectivity index (χ0v) is 12.0. The Morgan fingerprint density at radius 2 is 1.82 bits per heavy atom. The molecule has 17 heavy (non-hydrogen) atoms. The van der Waals surface area contributed by atoms with Gasteiger partial charge in [-0.2, -0.15) is 0 Å². The van der Waals surface area contributed by atoms with Crippen LogP contribution >= 0.6 is 0 Å². The molecule has 0 heterocycles. The average molecular weight is 243 g/mol. The molecule has 0 saturated heterocycles. The number of carbonyl (C=O) groups excluding carboxylic acids is 1. The van der Waals surface area contributed by atoms with Gasteiger partial charge in [-0.25, -0.2) is 0 Å². The smallest absolute Gasteiger partial charge is 0.234 e. The molecule has 0 radical (unpaired) electrons. The van der Waals surface area contributed by atoms with E-state index >= 15 is 0 Å². The lowest BCUT2D eigenvalue weighted by molar-refractivity contribution is -0.124. The molecule has 0 aliphatic carbocycles. The van der Waals surface area contributed by atoms with Gasteiger partial charge >= 0.3 is 0 Å². The number of hydrogen-bond acceptors (Lipinski definition) is 3. The van der Waals surface area contributed by atoms with Crippen LogP contribution in [0.1, 0.15) is 47.5 Å². The second kappa shape index (κ2) is 7.67. The Kier molecular flexibility index (Phi) is 7.39. The number of hydrogen-bond donors (Lipinski definition) is 2. The molecular weight excluding hydrogens is 214 g/mol. The highest BCUT2D eigenvalue weighted by Gasteiger charge is 2.25. The van der Waals surface area contributed by atoms with Crippen molar-refractivity contribution in [2.24, 2.45) is 5.73 Å². The van der Waals surface area contributed by atoms with Crippen molar-refractivity contribution in [2.75, 3.05) is 19.6 Å². The molecule has 0 atom stereocenters. The number of likely N-dealkylation sites (N-methyl/N-ethyl adjacent to an activating group) is 1. The lowest BCUT2D eigenvalue weighted by Crippen LogP contribution is -2.53. The predicted molar refractivity (Wildman–Crippen MR) is 72.9 cm³/mol. The Balaban J connectivity index is 4.34. The van der Waals surface area contributed by atoms with Crippen LogP contribution in [-0.2, 0) is 4.79 Å². The zero-order chi connectivity index (χ0) is 13.5. The predicted octanol–water partition coefficient (Wildman–Crippen LogP) is 1.35. The largest absolute Gasteiger partial charge is 0.352 e. The highest BCUT2D eigenvalue weighted by atomic mass is 16.2. The van der Waals surface area contributed by atoms with Crippen LogP contribution in [-0.4, -0.2) is 42.0 Å². The first-order chi connectivity index (χ1) is 7.91. The number of nitrogens with two attached hydrogens (primary N) is 1. The van der Waals surface area contributed by atoms with E-state index in [1.807, 2.05) is 0 Å².